The molecule has 1 aliphatic carbocycles. The molecule has 2 saturated heterocycles. The van der Waals surface area contributed by atoms with E-state index < -0.39 is 5.95 Å². The van der Waals surface area contributed by atoms with Crippen molar-refractivity contribution < 1.29 is 13.9 Å². The van der Waals surface area contributed by atoms with Crippen molar-refractivity contribution >= 4 is 35.8 Å². The van der Waals surface area contributed by atoms with Crippen LogP contribution in [0.3, 0.4) is 0 Å². The molecule has 0 spiro atoms. The summed E-state index contributed by atoms with van der Waals surface area (Å²) in [4.78, 5) is 31.7. The summed E-state index contributed by atoms with van der Waals surface area (Å²) in [6.45, 7) is 6.22. The van der Waals surface area contributed by atoms with Gasteiger partial charge in [-0.1, -0.05) is 0 Å². The van der Waals surface area contributed by atoms with Crippen molar-refractivity contribution in [2.45, 2.75) is 44.6 Å². The molecule has 3 aromatic rings. The van der Waals surface area contributed by atoms with Crippen molar-refractivity contribution in [2.24, 2.45) is 0 Å². The number of carbonyl (C=O) groups excluding carboxylic acids is 1. The smallest absolute Gasteiger partial charge is 0.235 e. The van der Waals surface area contributed by atoms with Crippen molar-refractivity contribution in [3.63, 3.8) is 0 Å². The van der Waals surface area contributed by atoms with Crippen molar-refractivity contribution in [2.75, 3.05) is 53.3 Å². The van der Waals surface area contributed by atoms with Gasteiger partial charge in [-0.05, 0) is 44.7 Å². The molecule has 1 amide bonds. The van der Waals surface area contributed by atoms with Gasteiger partial charge in [-0.2, -0.15) is 24.4 Å². The highest BCUT2D eigenvalue weighted by Gasteiger charge is 2.27. The Morgan fingerprint density at radius 2 is 1.87 bits per heavy atom. The molecular weight excluding hydrogens is 503 g/mol. The predicted molar refractivity (Wildman–Crippen MR) is 147 cm³/mol. The molecule has 12 nitrogen and oxygen atoms in total. The second-order valence-electron chi connectivity index (χ2n) is 9.28. The summed E-state index contributed by atoms with van der Waals surface area (Å²) >= 11 is 0. The molecule has 0 radical (unpaired) electrons. The molecule has 1 saturated carbocycles. The molecular formula is C26H33FN10O2. The number of amides is 1. The van der Waals surface area contributed by atoms with Gasteiger partial charge < -0.3 is 25.2 Å². The van der Waals surface area contributed by atoms with E-state index in [9.17, 15) is 9.18 Å². The second-order valence-corrected chi connectivity index (χ2v) is 9.28. The molecule has 206 valence electrons. The summed E-state index contributed by atoms with van der Waals surface area (Å²) in [5.41, 5.74) is 1.67. The van der Waals surface area contributed by atoms with E-state index in [-0.39, 0.29) is 0 Å². The molecule has 0 unspecified atom stereocenters. The van der Waals surface area contributed by atoms with Crippen LogP contribution in [-0.4, -0.2) is 75.4 Å². The van der Waals surface area contributed by atoms with Gasteiger partial charge in [-0.3, -0.25) is 9.89 Å². The van der Waals surface area contributed by atoms with Crippen LogP contribution in [0.5, 0.6) is 0 Å². The van der Waals surface area contributed by atoms with Gasteiger partial charge in [0.2, 0.25) is 30.2 Å². The Labute approximate surface area is 226 Å². The van der Waals surface area contributed by atoms with Crippen LogP contribution < -0.4 is 20.4 Å². The largest absolute Gasteiger partial charge is 0.378 e. The fourth-order valence-electron chi connectivity index (χ4n) is 4.32. The highest BCUT2D eigenvalue weighted by Crippen LogP contribution is 2.39. The van der Waals surface area contributed by atoms with Crippen molar-refractivity contribution in [1.29, 1.82) is 0 Å². The number of hydrogen-bond acceptors (Lipinski definition) is 10. The lowest BCUT2D eigenvalue weighted by atomic mass is 10.2. The van der Waals surface area contributed by atoms with Gasteiger partial charge in [0.25, 0.3) is 0 Å². The molecule has 3 aromatic heterocycles. The number of anilines is 5. The number of aromatic nitrogens is 6. The maximum absolute atomic E-state index is 12.1. The van der Waals surface area contributed by atoms with Gasteiger partial charge in [0.1, 0.15) is 0 Å². The summed E-state index contributed by atoms with van der Waals surface area (Å²) in [5.74, 6) is 2.85. The third-order valence-electron chi connectivity index (χ3n) is 6.52. The van der Waals surface area contributed by atoms with E-state index in [0.717, 1.165) is 31.4 Å². The van der Waals surface area contributed by atoms with Gasteiger partial charge in [0, 0.05) is 43.4 Å². The van der Waals surface area contributed by atoms with Crippen LogP contribution in [0.15, 0.2) is 24.4 Å². The van der Waals surface area contributed by atoms with E-state index >= 15 is 0 Å². The van der Waals surface area contributed by atoms with E-state index in [0.29, 0.717) is 49.2 Å². The zero-order valence-corrected chi connectivity index (χ0v) is 21.9. The van der Waals surface area contributed by atoms with Crippen molar-refractivity contribution in [3.05, 3.63) is 36.0 Å². The van der Waals surface area contributed by atoms with Crippen LogP contribution in [0.25, 0.3) is 0 Å². The van der Waals surface area contributed by atoms with E-state index in [2.05, 4.69) is 66.4 Å². The Morgan fingerprint density at radius 3 is 2.51 bits per heavy atom. The number of carbonyl (C=O) groups is 1. The number of H-pyrrole nitrogens is 1. The number of pyridine rings is 1. The Balaban J connectivity index is 0.000000248. The van der Waals surface area contributed by atoms with Crippen molar-refractivity contribution in [3.8, 4) is 12.8 Å². The molecule has 3 aliphatic rings. The maximum Gasteiger partial charge on any atom is 0.235 e. The molecule has 5 heterocycles. The molecule has 1 atom stereocenters. The number of hydrogen-bond donors (Lipinski definition) is 3. The minimum absolute atomic E-state index is 0.449. The summed E-state index contributed by atoms with van der Waals surface area (Å²) in [6.07, 6.45) is 14.6. The first-order chi connectivity index (χ1) is 19.1. The van der Waals surface area contributed by atoms with Crippen LogP contribution in [0.2, 0.25) is 0 Å². The Morgan fingerprint density at radius 1 is 1.10 bits per heavy atom. The number of ether oxygens (including phenoxy) is 1. The zero-order chi connectivity index (χ0) is 27.6. The normalized spacial score (nSPS) is 18.3. The highest BCUT2D eigenvalue weighted by molar-refractivity contribution is 5.70. The van der Waals surface area contributed by atoms with E-state index in [1.54, 1.807) is 0 Å². The number of nitrogens with one attached hydrogen (secondary N) is 3. The highest BCUT2D eigenvalue weighted by atomic mass is 19.1. The number of terminal acetylenes is 1. The van der Waals surface area contributed by atoms with Crippen LogP contribution >= 0.6 is 0 Å². The quantitative estimate of drug-likeness (QED) is 0.235. The molecule has 6 rings (SSSR count). The lowest BCUT2D eigenvalue weighted by molar-refractivity contribution is -0.105. The van der Waals surface area contributed by atoms with E-state index in [1.807, 2.05) is 0 Å². The molecule has 3 N–H and O–H groups in total. The van der Waals surface area contributed by atoms with Gasteiger partial charge in [-0.15, -0.1) is 12.8 Å². The fraction of sp³-hybridized carbons (Fsp3) is 0.462. The Bertz CT molecular complexity index is 1220. The van der Waals surface area contributed by atoms with Crippen molar-refractivity contribution in [1.82, 2.24) is 30.1 Å². The topological polar surface area (TPSA) is 137 Å². The van der Waals surface area contributed by atoms with E-state index in [4.69, 9.17) is 14.7 Å². The molecule has 39 heavy (non-hydrogen) atoms. The standard InChI is InChI=1S/C18H26N8O.C6H5FN2O.C2H2/c1-12-3-2-6-26(12)18-21-16(19-15-11-14(23-24-15)13-4-5-13)20-17(22-18)25-7-9-27-10-8-25;7-6-2-1-5(3-8-6)9-4-10;1-2/h11-13H,2-10H2,1H3,(H2,19,20,21,22,23,24);1-4H,(H,9,10);1-2H/t12-;;/m0../s1. The number of nitrogens with zero attached hydrogens (tertiary/aromatic N) is 7. The van der Waals surface area contributed by atoms with Gasteiger partial charge >= 0.3 is 0 Å². The first kappa shape index (κ1) is 27.7. The summed E-state index contributed by atoms with van der Waals surface area (Å²) < 4.78 is 17.6. The number of aromatic amines is 1. The second kappa shape index (κ2) is 13.5. The van der Waals surface area contributed by atoms with Crippen LogP contribution in [-0.2, 0) is 9.53 Å². The predicted octanol–water partition coefficient (Wildman–Crippen LogP) is 3.08. The number of morpholine rings is 1. The molecule has 0 aromatic carbocycles. The minimum Gasteiger partial charge on any atom is -0.378 e. The monoisotopic (exact) mass is 536 g/mol. The number of rotatable bonds is 7. The van der Waals surface area contributed by atoms with Gasteiger partial charge in [0.05, 0.1) is 25.1 Å². The van der Waals surface area contributed by atoms with Gasteiger partial charge in [0.15, 0.2) is 5.82 Å². The Hall–Kier alpha value is -4.31. The summed E-state index contributed by atoms with van der Waals surface area (Å²) in [5, 5.41) is 13.1. The fourth-order valence-corrected chi connectivity index (χ4v) is 4.32. The molecule has 2 aliphatic heterocycles. The molecule has 13 heteroatoms. The van der Waals surface area contributed by atoms with Gasteiger partial charge in [-0.25, -0.2) is 4.98 Å². The van der Waals surface area contributed by atoms with Crippen LogP contribution in [0.4, 0.5) is 33.7 Å². The average molecular weight is 537 g/mol. The van der Waals surface area contributed by atoms with Crippen LogP contribution in [0, 0.1) is 18.8 Å². The molecule has 0 bridgehead atoms. The summed E-state index contributed by atoms with van der Waals surface area (Å²) in [7, 11) is 0. The SMILES string of the molecule is C#C.C[C@H]1CCCN1c1nc(Nc2cc(C3CC3)[nH]n2)nc(N2CCOCC2)n1.O=CNc1ccc(F)nc1. The summed E-state index contributed by atoms with van der Waals surface area (Å²) in [6, 6.07) is 5.11. The zero-order valence-electron chi connectivity index (χ0n) is 21.9. The molecule has 3 fully saturated rings. The lowest BCUT2D eigenvalue weighted by Crippen LogP contribution is -2.38. The first-order valence-electron chi connectivity index (χ1n) is 12.9. The van der Waals surface area contributed by atoms with Crippen LogP contribution in [0.1, 0.15) is 44.2 Å². The number of halogens is 1. The first-order valence-corrected chi connectivity index (χ1v) is 12.9. The Kier molecular flexibility index (Phi) is 9.58. The maximum atomic E-state index is 12.1. The lowest BCUT2D eigenvalue weighted by Gasteiger charge is -2.28. The third-order valence-corrected chi connectivity index (χ3v) is 6.52. The van der Waals surface area contributed by atoms with E-state index in [1.165, 1.54) is 49.7 Å². The third kappa shape index (κ3) is 7.61. The average Bonchev–Trinajstić information content (AvgIpc) is 3.57. The minimum atomic E-state index is -0.559.